The molecule has 0 saturated carbocycles. The number of benzene rings is 1. The Hall–Kier alpha value is -0.940. The van der Waals surface area contributed by atoms with Gasteiger partial charge in [0.25, 0.3) is 0 Å². The summed E-state index contributed by atoms with van der Waals surface area (Å²) in [6.07, 6.45) is 0. The fourth-order valence-corrected chi connectivity index (χ4v) is 1.06. The summed E-state index contributed by atoms with van der Waals surface area (Å²) in [7, 11) is 0. The minimum atomic E-state index is 0.633. The van der Waals surface area contributed by atoms with Gasteiger partial charge in [-0.1, -0.05) is 6.07 Å². The Morgan fingerprint density at radius 1 is 1.50 bits per heavy atom. The van der Waals surface area contributed by atoms with Gasteiger partial charge in [-0.25, -0.2) is 0 Å². The van der Waals surface area contributed by atoms with Crippen LogP contribution in [0, 0.1) is 18.3 Å². The first kappa shape index (κ1) is 7.17. The molecule has 0 atom stereocenters. The summed E-state index contributed by atoms with van der Waals surface area (Å²) in [6, 6.07) is 7.60. The highest BCUT2D eigenvalue weighted by Gasteiger charge is 1.94. The van der Waals surface area contributed by atoms with Gasteiger partial charge in [0, 0.05) is 4.90 Å². The van der Waals surface area contributed by atoms with Crippen LogP contribution in [0.25, 0.3) is 0 Å². The van der Waals surface area contributed by atoms with Gasteiger partial charge in [0.1, 0.15) is 6.07 Å². The molecule has 0 aromatic heterocycles. The summed E-state index contributed by atoms with van der Waals surface area (Å²) < 4.78 is 0. The minimum absolute atomic E-state index is 0.633. The lowest BCUT2D eigenvalue weighted by molar-refractivity contribution is 1.32. The lowest BCUT2D eigenvalue weighted by Gasteiger charge is -1.95. The number of nitrogens with zero attached hydrogens (tertiary/aromatic N) is 1. The van der Waals surface area contributed by atoms with E-state index in [1.54, 1.807) is 6.07 Å². The second-order valence-corrected chi connectivity index (χ2v) is 2.61. The smallest absolute Gasteiger partial charge is 0.100 e. The molecule has 1 nitrogen and oxygen atoms in total. The van der Waals surface area contributed by atoms with Gasteiger partial charge in [0.05, 0.1) is 5.56 Å². The number of nitriles is 1. The van der Waals surface area contributed by atoms with Crippen molar-refractivity contribution in [2.45, 2.75) is 11.8 Å². The van der Waals surface area contributed by atoms with E-state index in [1.165, 1.54) is 0 Å². The van der Waals surface area contributed by atoms with Crippen LogP contribution in [0.2, 0.25) is 0 Å². The van der Waals surface area contributed by atoms with Crippen LogP contribution in [-0.2, 0) is 0 Å². The number of rotatable bonds is 0. The third-order valence-electron chi connectivity index (χ3n) is 1.27. The Morgan fingerprint density at radius 3 is 2.70 bits per heavy atom. The summed E-state index contributed by atoms with van der Waals surface area (Å²) in [6.45, 7) is 1.97. The molecule has 1 aromatic rings. The first-order valence-electron chi connectivity index (χ1n) is 2.94. The van der Waals surface area contributed by atoms with Gasteiger partial charge in [0.2, 0.25) is 0 Å². The van der Waals surface area contributed by atoms with E-state index in [-0.39, 0.29) is 0 Å². The van der Waals surface area contributed by atoms with E-state index < -0.39 is 0 Å². The van der Waals surface area contributed by atoms with E-state index in [0.29, 0.717) is 5.56 Å². The van der Waals surface area contributed by atoms with Gasteiger partial charge in [-0.3, -0.25) is 0 Å². The molecule has 0 aliphatic rings. The van der Waals surface area contributed by atoms with Crippen LogP contribution in [0.3, 0.4) is 0 Å². The first-order valence-corrected chi connectivity index (χ1v) is 3.38. The van der Waals surface area contributed by atoms with Crippen molar-refractivity contribution in [3.05, 3.63) is 29.3 Å². The van der Waals surface area contributed by atoms with Crippen LogP contribution in [0.4, 0.5) is 0 Å². The molecule has 10 heavy (non-hydrogen) atoms. The Labute approximate surface area is 65.7 Å². The van der Waals surface area contributed by atoms with Crippen molar-refractivity contribution < 1.29 is 0 Å². The van der Waals surface area contributed by atoms with Crippen LogP contribution in [0.1, 0.15) is 11.1 Å². The molecular formula is C8H7NS. The van der Waals surface area contributed by atoms with Crippen molar-refractivity contribution in [2.24, 2.45) is 0 Å². The van der Waals surface area contributed by atoms with Crippen molar-refractivity contribution >= 4 is 12.6 Å². The lowest BCUT2D eigenvalue weighted by atomic mass is 10.2. The number of hydrogen-bond acceptors (Lipinski definition) is 2. The van der Waals surface area contributed by atoms with Crippen LogP contribution < -0.4 is 0 Å². The van der Waals surface area contributed by atoms with Gasteiger partial charge in [-0.2, -0.15) is 5.26 Å². The third-order valence-corrected chi connectivity index (χ3v) is 1.64. The maximum Gasteiger partial charge on any atom is 0.100 e. The van der Waals surface area contributed by atoms with Crippen LogP contribution in [0.15, 0.2) is 23.1 Å². The van der Waals surface area contributed by atoms with Gasteiger partial charge < -0.3 is 0 Å². The van der Waals surface area contributed by atoms with Gasteiger partial charge in [-0.15, -0.1) is 12.6 Å². The maximum atomic E-state index is 8.51. The highest BCUT2D eigenvalue weighted by molar-refractivity contribution is 7.80. The van der Waals surface area contributed by atoms with E-state index in [4.69, 9.17) is 5.26 Å². The van der Waals surface area contributed by atoms with E-state index in [0.717, 1.165) is 10.5 Å². The quantitative estimate of drug-likeness (QED) is 0.561. The molecule has 0 saturated heterocycles. The van der Waals surface area contributed by atoms with Crippen LogP contribution in [-0.4, -0.2) is 0 Å². The molecular weight excluding hydrogens is 142 g/mol. The van der Waals surface area contributed by atoms with Crippen molar-refractivity contribution in [1.82, 2.24) is 0 Å². The van der Waals surface area contributed by atoms with Gasteiger partial charge >= 0.3 is 0 Å². The zero-order chi connectivity index (χ0) is 7.56. The second-order valence-electron chi connectivity index (χ2n) is 2.13. The van der Waals surface area contributed by atoms with Gasteiger partial charge in [0.15, 0.2) is 0 Å². The van der Waals surface area contributed by atoms with Crippen molar-refractivity contribution in [2.75, 3.05) is 0 Å². The molecule has 2 heteroatoms. The summed E-state index contributed by atoms with van der Waals surface area (Å²) in [5, 5.41) is 8.51. The average molecular weight is 149 g/mol. The topological polar surface area (TPSA) is 23.8 Å². The zero-order valence-electron chi connectivity index (χ0n) is 5.63. The highest BCUT2D eigenvalue weighted by atomic mass is 32.1. The predicted molar refractivity (Wildman–Crippen MR) is 43.1 cm³/mol. The second kappa shape index (κ2) is 2.76. The van der Waals surface area contributed by atoms with Crippen molar-refractivity contribution in [1.29, 1.82) is 5.26 Å². The van der Waals surface area contributed by atoms with Gasteiger partial charge in [-0.05, 0) is 24.6 Å². The standard InChI is InChI=1S/C8H7NS/c1-6-2-3-7(5-9)8(10)4-6/h2-4,10H,1H3. The zero-order valence-corrected chi connectivity index (χ0v) is 6.52. The predicted octanol–water partition coefficient (Wildman–Crippen LogP) is 2.16. The molecule has 50 valence electrons. The lowest BCUT2D eigenvalue weighted by Crippen LogP contribution is -1.78. The molecule has 0 N–H and O–H groups in total. The molecule has 0 fully saturated rings. The number of aryl methyl sites for hydroxylation is 1. The monoisotopic (exact) mass is 149 g/mol. The van der Waals surface area contributed by atoms with Crippen molar-refractivity contribution in [3.63, 3.8) is 0 Å². The third kappa shape index (κ3) is 1.31. The molecule has 0 unspecified atom stereocenters. The molecule has 0 heterocycles. The Kier molecular flexibility index (Phi) is 1.98. The molecule has 0 aliphatic heterocycles. The maximum absolute atomic E-state index is 8.51. The average Bonchev–Trinajstić information content (AvgIpc) is 1.88. The first-order chi connectivity index (χ1) is 4.74. The highest BCUT2D eigenvalue weighted by Crippen LogP contribution is 2.13. The van der Waals surface area contributed by atoms with E-state index in [9.17, 15) is 0 Å². The number of thiol groups is 1. The van der Waals surface area contributed by atoms with Crippen molar-refractivity contribution in [3.8, 4) is 6.07 Å². The largest absolute Gasteiger partial charge is 0.192 e. The summed E-state index contributed by atoms with van der Waals surface area (Å²) in [4.78, 5) is 0.752. The minimum Gasteiger partial charge on any atom is -0.192 e. The van der Waals surface area contributed by atoms with E-state index in [2.05, 4.69) is 12.6 Å². The molecule has 0 radical (unpaired) electrons. The summed E-state index contributed by atoms with van der Waals surface area (Å²) in [5.74, 6) is 0. The summed E-state index contributed by atoms with van der Waals surface area (Å²) >= 11 is 4.13. The molecule has 0 aliphatic carbocycles. The van der Waals surface area contributed by atoms with Crippen LogP contribution in [0.5, 0.6) is 0 Å². The summed E-state index contributed by atoms with van der Waals surface area (Å²) in [5.41, 5.74) is 1.76. The molecule has 1 aromatic carbocycles. The fourth-order valence-electron chi connectivity index (χ4n) is 0.736. The van der Waals surface area contributed by atoms with E-state index >= 15 is 0 Å². The van der Waals surface area contributed by atoms with E-state index in [1.807, 2.05) is 25.1 Å². The normalized spacial score (nSPS) is 8.90. The fraction of sp³-hybridized carbons (Fsp3) is 0.125. The Balaban J connectivity index is 3.23. The molecule has 0 amide bonds. The Morgan fingerprint density at radius 2 is 2.20 bits per heavy atom. The molecule has 0 spiro atoms. The SMILES string of the molecule is Cc1ccc(C#N)c(S)c1. The molecule has 0 bridgehead atoms. The van der Waals surface area contributed by atoms with Crippen LogP contribution >= 0.6 is 12.6 Å². The number of hydrogen-bond donors (Lipinski definition) is 1. The molecule has 1 rings (SSSR count). The Bertz CT molecular complexity index is 286.